The molecule has 5 nitrogen and oxygen atoms in total. The first kappa shape index (κ1) is 10.3. The van der Waals surface area contributed by atoms with Crippen LogP contribution in [0.1, 0.15) is 11.5 Å². The highest BCUT2D eigenvalue weighted by atomic mass is 16.5. The van der Waals surface area contributed by atoms with E-state index in [0.29, 0.717) is 0 Å². The second-order valence-corrected chi connectivity index (χ2v) is 3.59. The molecule has 15 heavy (non-hydrogen) atoms. The second kappa shape index (κ2) is 4.55. The van der Waals surface area contributed by atoms with Gasteiger partial charge in [-0.25, -0.2) is 15.4 Å². The van der Waals surface area contributed by atoms with Crippen LogP contribution in [0.2, 0.25) is 0 Å². The molecule has 1 aromatic rings. The summed E-state index contributed by atoms with van der Waals surface area (Å²) in [7, 11) is 0. The van der Waals surface area contributed by atoms with E-state index in [4.69, 9.17) is 4.74 Å². The molecule has 0 atom stereocenters. The Balaban J connectivity index is 2.19. The van der Waals surface area contributed by atoms with Crippen LogP contribution in [0.4, 0.5) is 5.82 Å². The number of aryl methyl sites for hydroxylation is 2. The first-order valence-corrected chi connectivity index (χ1v) is 5.17. The minimum Gasteiger partial charge on any atom is -0.378 e. The highest BCUT2D eigenvalue weighted by molar-refractivity contribution is 5.38. The average Bonchev–Trinajstić information content (AvgIpc) is 2.43. The summed E-state index contributed by atoms with van der Waals surface area (Å²) >= 11 is 0. The Morgan fingerprint density at radius 1 is 1.33 bits per heavy atom. The summed E-state index contributed by atoms with van der Waals surface area (Å²) in [4.78, 5) is 8.65. The predicted molar refractivity (Wildman–Crippen MR) is 57.7 cm³/mol. The Morgan fingerprint density at radius 2 is 2.20 bits per heavy atom. The zero-order valence-corrected chi connectivity index (χ0v) is 9.16. The molecule has 0 aliphatic carbocycles. The van der Waals surface area contributed by atoms with Crippen LogP contribution in [0, 0.1) is 13.8 Å². The highest BCUT2D eigenvalue weighted by Gasteiger charge is 2.11. The number of anilines is 1. The van der Waals surface area contributed by atoms with Gasteiger partial charge in [-0.05, 0) is 13.8 Å². The van der Waals surface area contributed by atoms with Gasteiger partial charge in [0.15, 0.2) is 0 Å². The fraction of sp³-hybridized carbons (Fsp3) is 0.600. The quantitative estimate of drug-likeness (QED) is 0.725. The largest absolute Gasteiger partial charge is 0.378 e. The van der Waals surface area contributed by atoms with Crippen molar-refractivity contribution in [1.29, 1.82) is 0 Å². The summed E-state index contributed by atoms with van der Waals surface area (Å²) in [6.07, 6.45) is 0. The summed E-state index contributed by atoms with van der Waals surface area (Å²) in [5.41, 5.74) is 4.26. The van der Waals surface area contributed by atoms with Gasteiger partial charge in [-0.2, -0.15) is 0 Å². The predicted octanol–water partition coefficient (Wildman–Crippen LogP) is 0.435. The third kappa shape index (κ3) is 2.64. The molecule has 0 saturated carbocycles. The van der Waals surface area contributed by atoms with E-state index in [1.165, 1.54) is 0 Å². The molecule has 0 unspecified atom stereocenters. The van der Waals surface area contributed by atoms with Gasteiger partial charge in [-0.15, -0.1) is 0 Å². The van der Waals surface area contributed by atoms with Gasteiger partial charge in [0, 0.05) is 18.3 Å². The van der Waals surface area contributed by atoms with E-state index in [9.17, 15) is 0 Å². The molecule has 5 heteroatoms. The number of hydrogen-bond donors (Lipinski definition) is 1. The SMILES string of the molecule is Cc1cc(N2CCOCCN2)nc(C)n1. The molecule has 0 aromatic carbocycles. The maximum absolute atomic E-state index is 5.36. The van der Waals surface area contributed by atoms with Crippen molar-refractivity contribution in [2.24, 2.45) is 0 Å². The fourth-order valence-corrected chi connectivity index (χ4v) is 1.62. The number of aromatic nitrogens is 2. The van der Waals surface area contributed by atoms with Crippen LogP contribution in [0.3, 0.4) is 0 Å². The Morgan fingerprint density at radius 3 is 3.00 bits per heavy atom. The Bertz CT molecular complexity index is 314. The number of rotatable bonds is 1. The summed E-state index contributed by atoms with van der Waals surface area (Å²) in [6.45, 7) is 7.00. The van der Waals surface area contributed by atoms with Gasteiger partial charge < -0.3 is 4.74 Å². The molecule has 0 bridgehead atoms. The molecule has 1 aliphatic rings. The first-order valence-electron chi connectivity index (χ1n) is 5.17. The van der Waals surface area contributed by atoms with Crippen molar-refractivity contribution in [2.75, 3.05) is 31.3 Å². The van der Waals surface area contributed by atoms with E-state index in [2.05, 4.69) is 15.4 Å². The van der Waals surface area contributed by atoms with E-state index in [-0.39, 0.29) is 0 Å². The van der Waals surface area contributed by atoms with Gasteiger partial charge in [-0.1, -0.05) is 0 Å². The van der Waals surface area contributed by atoms with Crippen LogP contribution in [0.25, 0.3) is 0 Å². The lowest BCUT2D eigenvalue weighted by atomic mass is 10.4. The summed E-state index contributed by atoms with van der Waals surface area (Å²) in [5, 5.41) is 2.02. The second-order valence-electron chi connectivity index (χ2n) is 3.59. The van der Waals surface area contributed by atoms with Crippen LogP contribution in [0.15, 0.2) is 6.07 Å². The molecule has 1 aliphatic heterocycles. The summed E-state index contributed by atoms with van der Waals surface area (Å²) in [6, 6.07) is 1.98. The van der Waals surface area contributed by atoms with Crippen LogP contribution in [-0.4, -0.2) is 36.3 Å². The minimum atomic E-state index is 0.731. The van der Waals surface area contributed by atoms with E-state index in [0.717, 1.165) is 43.6 Å². The Labute approximate surface area is 89.4 Å². The number of ether oxygens (including phenoxy) is 1. The molecule has 1 N–H and O–H groups in total. The lowest BCUT2D eigenvalue weighted by Crippen LogP contribution is -2.39. The van der Waals surface area contributed by atoms with Crippen molar-refractivity contribution in [2.45, 2.75) is 13.8 Å². The fourth-order valence-electron chi connectivity index (χ4n) is 1.62. The standard InChI is InChI=1S/C10H16N4O/c1-8-7-10(13-9(2)12-8)14-4-6-15-5-3-11-14/h7,11H,3-6H2,1-2H3. The lowest BCUT2D eigenvalue weighted by Gasteiger charge is -2.21. The van der Waals surface area contributed by atoms with Crippen molar-refractivity contribution in [3.05, 3.63) is 17.6 Å². The molecule has 0 amide bonds. The summed E-state index contributed by atoms with van der Waals surface area (Å²) in [5.74, 6) is 1.72. The zero-order valence-electron chi connectivity index (χ0n) is 9.16. The van der Waals surface area contributed by atoms with Gasteiger partial charge >= 0.3 is 0 Å². The minimum absolute atomic E-state index is 0.731. The molecule has 1 fully saturated rings. The lowest BCUT2D eigenvalue weighted by molar-refractivity contribution is 0.158. The van der Waals surface area contributed by atoms with E-state index in [1.807, 2.05) is 24.9 Å². The maximum Gasteiger partial charge on any atom is 0.146 e. The Hall–Kier alpha value is -1.20. The van der Waals surface area contributed by atoms with Crippen LogP contribution in [0.5, 0.6) is 0 Å². The van der Waals surface area contributed by atoms with Crippen LogP contribution >= 0.6 is 0 Å². The molecule has 0 spiro atoms. The monoisotopic (exact) mass is 208 g/mol. The molecule has 2 heterocycles. The van der Waals surface area contributed by atoms with Crippen LogP contribution in [-0.2, 0) is 4.74 Å². The number of hydrazine groups is 1. The van der Waals surface area contributed by atoms with Crippen LogP contribution < -0.4 is 10.4 Å². The number of hydrogen-bond acceptors (Lipinski definition) is 5. The maximum atomic E-state index is 5.36. The van der Waals surface area contributed by atoms with Crippen molar-refractivity contribution in [3.8, 4) is 0 Å². The molecule has 2 rings (SSSR count). The third-order valence-corrected chi connectivity index (χ3v) is 2.24. The van der Waals surface area contributed by atoms with E-state index >= 15 is 0 Å². The van der Waals surface area contributed by atoms with Crippen molar-refractivity contribution in [1.82, 2.24) is 15.4 Å². The van der Waals surface area contributed by atoms with Crippen molar-refractivity contribution < 1.29 is 4.74 Å². The highest BCUT2D eigenvalue weighted by Crippen LogP contribution is 2.10. The zero-order chi connectivity index (χ0) is 10.7. The van der Waals surface area contributed by atoms with Gasteiger partial charge in [0.25, 0.3) is 0 Å². The molecule has 0 radical (unpaired) electrons. The Kier molecular flexibility index (Phi) is 3.13. The smallest absolute Gasteiger partial charge is 0.146 e. The molecule has 1 aromatic heterocycles. The van der Waals surface area contributed by atoms with Gasteiger partial charge in [0.05, 0.1) is 19.8 Å². The summed E-state index contributed by atoms with van der Waals surface area (Å²) < 4.78 is 5.36. The van der Waals surface area contributed by atoms with Gasteiger partial charge in [0.2, 0.25) is 0 Å². The molecule has 82 valence electrons. The van der Waals surface area contributed by atoms with Gasteiger partial charge in [-0.3, -0.25) is 5.01 Å². The average molecular weight is 208 g/mol. The van der Waals surface area contributed by atoms with Crippen molar-refractivity contribution >= 4 is 5.82 Å². The molecular formula is C10H16N4O. The molecular weight excluding hydrogens is 192 g/mol. The van der Waals surface area contributed by atoms with E-state index < -0.39 is 0 Å². The molecule has 1 saturated heterocycles. The number of nitrogens with zero attached hydrogens (tertiary/aromatic N) is 3. The normalized spacial score (nSPS) is 17.6. The topological polar surface area (TPSA) is 50.3 Å². The number of nitrogens with one attached hydrogen (secondary N) is 1. The third-order valence-electron chi connectivity index (χ3n) is 2.24. The van der Waals surface area contributed by atoms with Gasteiger partial charge in [0.1, 0.15) is 11.6 Å². The van der Waals surface area contributed by atoms with Crippen molar-refractivity contribution in [3.63, 3.8) is 0 Å². The first-order chi connectivity index (χ1) is 7.25. The van der Waals surface area contributed by atoms with E-state index in [1.54, 1.807) is 0 Å².